The number of aryl methyl sites for hydroxylation is 1. The van der Waals surface area contributed by atoms with E-state index in [1.165, 1.54) is 16.7 Å². The van der Waals surface area contributed by atoms with E-state index < -0.39 is 0 Å². The monoisotopic (exact) mass is 269 g/mol. The number of halogens is 1. The van der Waals surface area contributed by atoms with Gasteiger partial charge in [-0.05, 0) is 43.4 Å². The van der Waals surface area contributed by atoms with Crippen molar-refractivity contribution in [2.24, 2.45) is 5.73 Å². The van der Waals surface area contributed by atoms with Gasteiger partial charge in [-0.1, -0.05) is 15.9 Å². The van der Waals surface area contributed by atoms with Gasteiger partial charge in [0.1, 0.15) is 5.75 Å². The summed E-state index contributed by atoms with van der Waals surface area (Å²) in [4.78, 5) is 0. The molecule has 1 aromatic carbocycles. The van der Waals surface area contributed by atoms with Crippen LogP contribution >= 0.6 is 15.9 Å². The zero-order valence-electron chi connectivity index (χ0n) is 9.14. The highest BCUT2D eigenvalue weighted by atomic mass is 79.9. The van der Waals surface area contributed by atoms with E-state index in [0.717, 1.165) is 29.5 Å². The molecule has 2 nitrogen and oxygen atoms in total. The Balaban J connectivity index is 2.65. The van der Waals surface area contributed by atoms with Crippen molar-refractivity contribution in [3.05, 3.63) is 27.2 Å². The van der Waals surface area contributed by atoms with Gasteiger partial charge in [-0.2, -0.15) is 0 Å². The van der Waals surface area contributed by atoms with Crippen molar-refractivity contribution >= 4 is 15.9 Å². The quantitative estimate of drug-likeness (QED) is 0.851. The highest BCUT2D eigenvalue weighted by Gasteiger charge is 2.23. The molecule has 15 heavy (non-hydrogen) atoms. The van der Waals surface area contributed by atoms with Gasteiger partial charge in [-0.25, -0.2) is 0 Å². The average Bonchev–Trinajstić information content (AvgIpc) is 2.23. The number of hydrogen-bond donors (Lipinski definition) is 1. The second-order valence-electron chi connectivity index (χ2n) is 4.10. The van der Waals surface area contributed by atoms with E-state index in [2.05, 4.69) is 28.9 Å². The number of benzene rings is 1. The predicted molar refractivity (Wildman–Crippen MR) is 65.3 cm³/mol. The third kappa shape index (κ3) is 1.79. The summed E-state index contributed by atoms with van der Waals surface area (Å²) < 4.78 is 6.58. The minimum atomic E-state index is 0.150. The van der Waals surface area contributed by atoms with E-state index in [1.54, 1.807) is 7.11 Å². The number of hydrogen-bond acceptors (Lipinski definition) is 2. The largest absolute Gasteiger partial charge is 0.496 e. The van der Waals surface area contributed by atoms with Crippen LogP contribution in [-0.4, -0.2) is 7.11 Å². The van der Waals surface area contributed by atoms with Crippen LogP contribution in [0, 0.1) is 6.92 Å². The molecule has 82 valence electrons. The maximum atomic E-state index is 6.15. The van der Waals surface area contributed by atoms with Crippen LogP contribution in [0.4, 0.5) is 0 Å². The molecule has 0 saturated carbocycles. The molecule has 1 aliphatic rings. The van der Waals surface area contributed by atoms with Crippen LogP contribution < -0.4 is 10.5 Å². The van der Waals surface area contributed by atoms with Crippen LogP contribution in [-0.2, 0) is 6.42 Å². The molecule has 3 heteroatoms. The van der Waals surface area contributed by atoms with Gasteiger partial charge in [0.15, 0.2) is 0 Å². The third-order valence-electron chi connectivity index (χ3n) is 3.09. The summed E-state index contributed by atoms with van der Waals surface area (Å²) in [6.45, 7) is 2.08. The molecule has 1 unspecified atom stereocenters. The van der Waals surface area contributed by atoms with Gasteiger partial charge in [-0.3, -0.25) is 0 Å². The molecule has 0 fully saturated rings. The lowest BCUT2D eigenvalue weighted by Crippen LogP contribution is -2.19. The number of fused-ring (bicyclic) bond motifs is 1. The highest BCUT2D eigenvalue weighted by Crippen LogP contribution is 2.40. The Morgan fingerprint density at radius 2 is 2.27 bits per heavy atom. The van der Waals surface area contributed by atoms with Crippen molar-refractivity contribution in [1.82, 2.24) is 0 Å². The lowest BCUT2D eigenvalue weighted by atomic mass is 9.86. The van der Waals surface area contributed by atoms with Crippen molar-refractivity contribution in [1.29, 1.82) is 0 Å². The van der Waals surface area contributed by atoms with E-state index >= 15 is 0 Å². The highest BCUT2D eigenvalue weighted by molar-refractivity contribution is 9.10. The van der Waals surface area contributed by atoms with Gasteiger partial charge >= 0.3 is 0 Å². The van der Waals surface area contributed by atoms with Gasteiger partial charge in [0.2, 0.25) is 0 Å². The van der Waals surface area contributed by atoms with Gasteiger partial charge in [0, 0.05) is 16.1 Å². The lowest BCUT2D eigenvalue weighted by molar-refractivity contribution is 0.402. The zero-order valence-corrected chi connectivity index (χ0v) is 10.7. The summed E-state index contributed by atoms with van der Waals surface area (Å²) >= 11 is 3.63. The molecule has 1 aromatic rings. The molecule has 2 N–H and O–H groups in total. The number of rotatable bonds is 1. The van der Waals surface area contributed by atoms with E-state index in [0.29, 0.717) is 0 Å². The average molecular weight is 270 g/mol. The summed E-state index contributed by atoms with van der Waals surface area (Å²) in [5.74, 6) is 0.987. The molecule has 1 atom stereocenters. The number of ether oxygens (including phenoxy) is 1. The topological polar surface area (TPSA) is 35.2 Å². The molecule has 0 bridgehead atoms. The predicted octanol–water partition coefficient (Wildman–Crippen LogP) is 3.10. The molecular weight excluding hydrogens is 254 g/mol. The van der Waals surface area contributed by atoms with Crippen LogP contribution in [0.1, 0.15) is 35.6 Å². The van der Waals surface area contributed by atoms with Crippen molar-refractivity contribution in [3.63, 3.8) is 0 Å². The lowest BCUT2D eigenvalue weighted by Gasteiger charge is -2.26. The molecule has 0 spiro atoms. The summed E-state index contributed by atoms with van der Waals surface area (Å²) in [5, 5.41) is 0. The zero-order chi connectivity index (χ0) is 11.0. The normalized spacial score (nSPS) is 19.9. The molecular formula is C12H16BrNO. The fourth-order valence-electron chi connectivity index (χ4n) is 2.29. The number of nitrogens with two attached hydrogens (primary N) is 1. The second-order valence-corrected chi connectivity index (χ2v) is 4.89. The Kier molecular flexibility index (Phi) is 3.03. The molecule has 2 rings (SSSR count). The standard InChI is InChI=1S/C12H16BrNO/c1-7-6-10(15-2)8-4-3-5-9(14)11(8)12(7)13/h6,9H,3-5,14H2,1-2H3. The van der Waals surface area contributed by atoms with Crippen molar-refractivity contribution < 1.29 is 4.74 Å². The van der Waals surface area contributed by atoms with E-state index in [-0.39, 0.29) is 6.04 Å². The minimum absolute atomic E-state index is 0.150. The maximum absolute atomic E-state index is 6.15. The van der Waals surface area contributed by atoms with Gasteiger partial charge in [0.05, 0.1) is 7.11 Å². The Bertz CT molecular complexity index is 390. The fourth-order valence-corrected chi connectivity index (χ4v) is 2.94. The van der Waals surface area contributed by atoms with E-state index in [4.69, 9.17) is 10.5 Å². The Labute approximate surface area is 98.9 Å². The van der Waals surface area contributed by atoms with Crippen molar-refractivity contribution in [2.75, 3.05) is 7.11 Å². The molecule has 0 aliphatic heterocycles. The number of methoxy groups -OCH3 is 1. The van der Waals surface area contributed by atoms with Crippen molar-refractivity contribution in [2.45, 2.75) is 32.2 Å². The first-order valence-electron chi connectivity index (χ1n) is 5.26. The molecule has 0 saturated heterocycles. The van der Waals surface area contributed by atoms with Gasteiger partial charge in [0.25, 0.3) is 0 Å². The fraction of sp³-hybridized carbons (Fsp3) is 0.500. The first-order valence-corrected chi connectivity index (χ1v) is 6.06. The van der Waals surface area contributed by atoms with Crippen molar-refractivity contribution in [3.8, 4) is 5.75 Å². The van der Waals surface area contributed by atoms with Crippen LogP contribution in [0.3, 0.4) is 0 Å². The molecule has 0 aromatic heterocycles. The summed E-state index contributed by atoms with van der Waals surface area (Å²) in [7, 11) is 1.73. The van der Waals surface area contributed by atoms with Crippen LogP contribution in [0.5, 0.6) is 5.75 Å². The maximum Gasteiger partial charge on any atom is 0.122 e. The molecule has 1 aliphatic carbocycles. The van der Waals surface area contributed by atoms with Crippen LogP contribution in [0.15, 0.2) is 10.5 Å². The second kappa shape index (κ2) is 4.14. The Hall–Kier alpha value is -0.540. The van der Waals surface area contributed by atoms with Crippen LogP contribution in [0.2, 0.25) is 0 Å². The molecule has 0 amide bonds. The summed E-state index contributed by atoms with van der Waals surface area (Å²) in [6.07, 6.45) is 3.29. The third-order valence-corrected chi connectivity index (χ3v) is 4.14. The Morgan fingerprint density at radius 3 is 2.93 bits per heavy atom. The van der Waals surface area contributed by atoms with E-state index in [9.17, 15) is 0 Å². The van der Waals surface area contributed by atoms with E-state index in [1.807, 2.05) is 0 Å². The minimum Gasteiger partial charge on any atom is -0.496 e. The SMILES string of the molecule is COc1cc(C)c(Br)c2c1CCCC2N. The summed E-state index contributed by atoms with van der Waals surface area (Å²) in [5.41, 5.74) is 9.89. The smallest absolute Gasteiger partial charge is 0.122 e. The van der Waals surface area contributed by atoms with Gasteiger partial charge in [-0.15, -0.1) is 0 Å². The first-order chi connectivity index (χ1) is 7.15. The summed E-state index contributed by atoms with van der Waals surface area (Å²) in [6, 6.07) is 2.23. The van der Waals surface area contributed by atoms with Gasteiger partial charge < -0.3 is 10.5 Å². The first kappa shape index (κ1) is 11.0. The Morgan fingerprint density at radius 1 is 1.53 bits per heavy atom. The molecule has 0 heterocycles. The molecule has 0 radical (unpaired) electrons. The van der Waals surface area contributed by atoms with Crippen LogP contribution in [0.25, 0.3) is 0 Å².